The van der Waals surface area contributed by atoms with Gasteiger partial charge in [-0.25, -0.2) is 0 Å². The monoisotopic (exact) mass is 171 g/mol. The van der Waals surface area contributed by atoms with Gasteiger partial charge in [0.1, 0.15) is 0 Å². The number of nitrogens with zero attached hydrogens (tertiary/aromatic N) is 1. The summed E-state index contributed by atoms with van der Waals surface area (Å²) in [6, 6.07) is 10.7. The average molecular weight is 171 g/mol. The first-order chi connectivity index (χ1) is 6.33. The van der Waals surface area contributed by atoms with Gasteiger partial charge in [-0.05, 0) is 29.9 Å². The summed E-state index contributed by atoms with van der Waals surface area (Å²) in [6.07, 6.45) is 2.17. The minimum Gasteiger partial charge on any atom is -0.198 e. The van der Waals surface area contributed by atoms with E-state index in [1.165, 1.54) is 11.1 Å². The Balaban J connectivity index is 2.49. The van der Waals surface area contributed by atoms with E-state index in [9.17, 15) is 0 Å². The number of benzene rings is 1. The van der Waals surface area contributed by atoms with E-state index < -0.39 is 0 Å². The molecule has 0 aliphatic heterocycles. The molecule has 1 aliphatic rings. The standard InChI is InChI=1S/C12H13N/c1-9-6-7-10(8-13)12-5-3-2-4-11(9)12/h2-5,9-10H,6-7H2,1H3. The number of hydrogen-bond donors (Lipinski definition) is 0. The first-order valence-corrected chi connectivity index (χ1v) is 4.81. The topological polar surface area (TPSA) is 23.8 Å². The van der Waals surface area contributed by atoms with Crippen LogP contribution in [0.1, 0.15) is 42.7 Å². The summed E-state index contributed by atoms with van der Waals surface area (Å²) in [7, 11) is 0. The molecule has 2 rings (SSSR count). The summed E-state index contributed by atoms with van der Waals surface area (Å²) >= 11 is 0. The van der Waals surface area contributed by atoms with Crippen LogP contribution >= 0.6 is 0 Å². The van der Waals surface area contributed by atoms with Crippen LogP contribution in [0, 0.1) is 11.3 Å². The summed E-state index contributed by atoms with van der Waals surface area (Å²) in [6.45, 7) is 2.24. The van der Waals surface area contributed by atoms with Gasteiger partial charge in [0.25, 0.3) is 0 Å². The summed E-state index contributed by atoms with van der Waals surface area (Å²) in [5.41, 5.74) is 2.63. The zero-order valence-electron chi connectivity index (χ0n) is 7.83. The summed E-state index contributed by atoms with van der Waals surface area (Å²) < 4.78 is 0. The molecule has 0 saturated heterocycles. The second-order valence-corrected chi connectivity index (χ2v) is 3.79. The summed E-state index contributed by atoms with van der Waals surface area (Å²) in [4.78, 5) is 0. The third-order valence-electron chi connectivity index (χ3n) is 2.95. The fraction of sp³-hybridized carbons (Fsp3) is 0.417. The molecule has 0 aromatic heterocycles. The molecule has 0 radical (unpaired) electrons. The molecule has 0 spiro atoms. The molecule has 0 heterocycles. The molecule has 13 heavy (non-hydrogen) atoms. The SMILES string of the molecule is CC1CCC(C#N)c2ccccc21. The Morgan fingerprint density at radius 1 is 1.23 bits per heavy atom. The summed E-state index contributed by atoms with van der Waals surface area (Å²) in [5.74, 6) is 0.758. The molecular weight excluding hydrogens is 158 g/mol. The van der Waals surface area contributed by atoms with Gasteiger partial charge in [0.2, 0.25) is 0 Å². The van der Waals surface area contributed by atoms with Gasteiger partial charge < -0.3 is 0 Å². The van der Waals surface area contributed by atoms with Crippen molar-refractivity contribution in [3.05, 3.63) is 35.4 Å². The predicted octanol–water partition coefficient (Wildman–Crippen LogP) is 3.19. The van der Waals surface area contributed by atoms with Gasteiger partial charge in [0, 0.05) is 0 Å². The van der Waals surface area contributed by atoms with Gasteiger partial charge >= 0.3 is 0 Å². The lowest BCUT2D eigenvalue weighted by atomic mass is 9.78. The normalized spacial score (nSPS) is 26.2. The van der Waals surface area contributed by atoms with E-state index in [1.54, 1.807) is 0 Å². The molecule has 1 nitrogen and oxygen atoms in total. The fourth-order valence-corrected chi connectivity index (χ4v) is 2.14. The van der Waals surface area contributed by atoms with Crippen LogP contribution in [-0.4, -0.2) is 0 Å². The summed E-state index contributed by atoms with van der Waals surface area (Å²) in [5, 5.41) is 8.97. The number of fused-ring (bicyclic) bond motifs is 1. The Bertz CT molecular complexity index is 348. The fourth-order valence-electron chi connectivity index (χ4n) is 2.14. The van der Waals surface area contributed by atoms with Crippen molar-refractivity contribution in [3.63, 3.8) is 0 Å². The van der Waals surface area contributed by atoms with E-state index in [1.807, 2.05) is 6.07 Å². The van der Waals surface area contributed by atoms with Crippen LogP contribution in [0.5, 0.6) is 0 Å². The molecule has 0 fully saturated rings. The Morgan fingerprint density at radius 3 is 2.62 bits per heavy atom. The number of hydrogen-bond acceptors (Lipinski definition) is 1. The van der Waals surface area contributed by atoms with E-state index in [0.717, 1.165) is 12.8 Å². The maximum atomic E-state index is 8.97. The van der Waals surface area contributed by atoms with Crippen molar-refractivity contribution in [3.8, 4) is 6.07 Å². The molecule has 1 aromatic rings. The molecule has 2 atom stereocenters. The molecule has 0 bridgehead atoms. The largest absolute Gasteiger partial charge is 0.198 e. The van der Waals surface area contributed by atoms with Crippen LogP contribution < -0.4 is 0 Å². The van der Waals surface area contributed by atoms with Crippen molar-refractivity contribution in [2.75, 3.05) is 0 Å². The Hall–Kier alpha value is -1.29. The minimum absolute atomic E-state index is 0.132. The molecule has 0 saturated carbocycles. The number of nitriles is 1. The molecule has 66 valence electrons. The lowest BCUT2D eigenvalue weighted by Gasteiger charge is -2.25. The molecular formula is C12H13N. The molecule has 1 aromatic carbocycles. The van der Waals surface area contributed by atoms with Crippen molar-refractivity contribution in [1.82, 2.24) is 0 Å². The molecule has 1 aliphatic carbocycles. The van der Waals surface area contributed by atoms with Crippen LogP contribution in [0.2, 0.25) is 0 Å². The number of rotatable bonds is 0. The average Bonchev–Trinajstić information content (AvgIpc) is 2.19. The van der Waals surface area contributed by atoms with E-state index >= 15 is 0 Å². The lowest BCUT2D eigenvalue weighted by molar-refractivity contribution is 0.559. The van der Waals surface area contributed by atoms with Crippen LogP contribution in [0.4, 0.5) is 0 Å². The van der Waals surface area contributed by atoms with Crippen LogP contribution in [0.15, 0.2) is 24.3 Å². The third-order valence-corrected chi connectivity index (χ3v) is 2.95. The maximum absolute atomic E-state index is 8.97. The highest BCUT2D eigenvalue weighted by Gasteiger charge is 2.23. The van der Waals surface area contributed by atoms with Crippen molar-refractivity contribution >= 4 is 0 Å². The highest BCUT2D eigenvalue weighted by Crippen LogP contribution is 2.37. The lowest BCUT2D eigenvalue weighted by Crippen LogP contribution is -2.11. The third kappa shape index (κ3) is 1.33. The highest BCUT2D eigenvalue weighted by molar-refractivity contribution is 5.38. The molecule has 2 unspecified atom stereocenters. The first kappa shape index (κ1) is 8.31. The smallest absolute Gasteiger partial charge is 0.0715 e. The predicted molar refractivity (Wildman–Crippen MR) is 52.4 cm³/mol. The minimum atomic E-state index is 0.132. The Morgan fingerprint density at radius 2 is 1.92 bits per heavy atom. The molecule has 0 N–H and O–H groups in total. The zero-order chi connectivity index (χ0) is 9.26. The van der Waals surface area contributed by atoms with Gasteiger partial charge in [-0.3, -0.25) is 0 Å². The first-order valence-electron chi connectivity index (χ1n) is 4.81. The maximum Gasteiger partial charge on any atom is 0.0715 e. The van der Waals surface area contributed by atoms with Gasteiger partial charge in [0.15, 0.2) is 0 Å². The van der Waals surface area contributed by atoms with Gasteiger partial charge in [-0.1, -0.05) is 31.2 Å². The van der Waals surface area contributed by atoms with E-state index in [0.29, 0.717) is 5.92 Å². The van der Waals surface area contributed by atoms with Crippen LogP contribution in [0.25, 0.3) is 0 Å². The zero-order valence-corrected chi connectivity index (χ0v) is 7.83. The van der Waals surface area contributed by atoms with Gasteiger partial charge in [0.05, 0.1) is 12.0 Å². The van der Waals surface area contributed by atoms with E-state index in [4.69, 9.17) is 5.26 Å². The molecule has 0 amide bonds. The second-order valence-electron chi connectivity index (χ2n) is 3.79. The van der Waals surface area contributed by atoms with Gasteiger partial charge in [-0.2, -0.15) is 5.26 Å². The molecule has 1 heteroatoms. The van der Waals surface area contributed by atoms with E-state index in [2.05, 4.69) is 31.2 Å². The van der Waals surface area contributed by atoms with Crippen molar-refractivity contribution in [1.29, 1.82) is 5.26 Å². The van der Waals surface area contributed by atoms with E-state index in [-0.39, 0.29) is 5.92 Å². The van der Waals surface area contributed by atoms with Crippen molar-refractivity contribution in [2.45, 2.75) is 31.6 Å². The Labute approximate surface area is 79.0 Å². The Kier molecular flexibility index (Phi) is 2.06. The van der Waals surface area contributed by atoms with Crippen molar-refractivity contribution in [2.24, 2.45) is 0 Å². The van der Waals surface area contributed by atoms with Crippen molar-refractivity contribution < 1.29 is 0 Å². The highest BCUT2D eigenvalue weighted by atomic mass is 14.3. The second kappa shape index (κ2) is 3.22. The van der Waals surface area contributed by atoms with Crippen LogP contribution in [0.3, 0.4) is 0 Å². The van der Waals surface area contributed by atoms with Gasteiger partial charge in [-0.15, -0.1) is 0 Å². The quantitative estimate of drug-likeness (QED) is 0.588. The van der Waals surface area contributed by atoms with Crippen LogP contribution in [-0.2, 0) is 0 Å².